The summed E-state index contributed by atoms with van der Waals surface area (Å²) in [5, 5.41) is 0.170. The molecule has 1 saturated heterocycles. The first-order valence-corrected chi connectivity index (χ1v) is 7.33. The van der Waals surface area contributed by atoms with Crippen LogP contribution in [0.5, 0.6) is 0 Å². The summed E-state index contributed by atoms with van der Waals surface area (Å²) in [6.45, 7) is 1.23. The van der Waals surface area contributed by atoms with Gasteiger partial charge in [0.2, 0.25) is 0 Å². The van der Waals surface area contributed by atoms with Crippen molar-refractivity contribution in [3.05, 3.63) is 70.5 Å². The number of carbonyl (C=O) groups excluding carboxylic acids is 1. The summed E-state index contributed by atoms with van der Waals surface area (Å²) in [6, 6.07) is 14.4. The average molecular weight is 304 g/mol. The van der Waals surface area contributed by atoms with Gasteiger partial charge in [0.15, 0.2) is 0 Å². The number of amides is 1. The van der Waals surface area contributed by atoms with Crippen molar-refractivity contribution >= 4 is 17.5 Å². The smallest absolute Gasteiger partial charge is 0.258 e. The van der Waals surface area contributed by atoms with Gasteiger partial charge < -0.3 is 4.90 Å². The maximum Gasteiger partial charge on any atom is 0.258 e. The van der Waals surface area contributed by atoms with Crippen LogP contribution in [0.1, 0.15) is 28.3 Å². The summed E-state index contributed by atoms with van der Waals surface area (Å²) in [7, 11) is 0. The topological polar surface area (TPSA) is 20.3 Å². The summed E-state index contributed by atoms with van der Waals surface area (Å²) < 4.78 is 13.8. The molecule has 1 aliphatic heterocycles. The molecular formula is C17H15ClFNO. The first-order chi connectivity index (χ1) is 10.2. The molecular weight excluding hydrogens is 289 g/mol. The van der Waals surface area contributed by atoms with Gasteiger partial charge >= 0.3 is 0 Å². The van der Waals surface area contributed by atoms with E-state index in [9.17, 15) is 9.18 Å². The third-order valence-electron chi connectivity index (χ3n) is 3.92. The lowest BCUT2D eigenvalue weighted by molar-refractivity contribution is 0.0786. The second-order valence-electron chi connectivity index (χ2n) is 5.24. The molecule has 21 heavy (non-hydrogen) atoms. The number of benzene rings is 2. The lowest BCUT2D eigenvalue weighted by Crippen LogP contribution is -2.29. The second-order valence-corrected chi connectivity index (χ2v) is 5.65. The van der Waals surface area contributed by atoms with Crippen LogP contribution in [0, 0.1) is 5.82 Å². The molecule has 1 aliphatic rings. The number of halogens is 2. The highest BCUT2D eigenvalue weighted by atomic mass is 35.5. The number of hydrogen-bond donors (Lipinski definition) is 0. The van der Waals surface area contributed by atoms with Crippen molar-refractivity contribution in [3.63, 3.8) is 0 Å². The molecule has 1 heterocycles. The normalized spacial score (nSPS) is 18.0. The minimum atomic E-state index is -0.560. The molecule has 0 bridgehead atoms. The van der Waals surface area contributed by atoms with Gasteiger partial charge in [-0.1, -0.05) is 48.0 Å². The zero-order chi connectivity index (χ0) is 14.8. The number of nitrogens with zero attached hydrogens (tertiary/aromatic N) is 1. The Labute approximate surface area is 128 Å². The summed E-state index contributed by atoms with van der Waals surface area (Å²) in [5.41, 5.74) is 1.19. The van der Waals surface area contributed by atoms with Crippen molar-refractivity contribution in [1.82, 2.24) is 4.90 Å². The van der Waals surface area contributed by atoms with Crippen LogP contribution < -0.4 is 0 Å². The standard InChI is InChI=1S/C17H15ClFNO/c18-14-7-4-8-15(19)16(14)17(21)20-10-9-13(11-20)12-5-2-1-3-6-12/h1-8,13H,9-11H2/t13-/m0/s1. The van der Waals surface area contributed by atoms with E-state index in [1.54, 1.807) is 11.0 Å². The molecule has 0 aromatic heterocycles. The van der Waals surface area contributed by atoms with Crippen molar-refractivity contribution in [2.45, 2.75) is 12.3 Å². The van der Waals surface area contributed by atoms with Crippen molar-refractivity contribution in [3.8, 4) is 0 Å². The maximum atomic E-state index is 13.8. The highest BCUT2D eigenvalue weighted by Gasteiger charge is 2.30. The van der Waals surface area contributed by atoms with Gasteiger partial charge in [0, 0.05) is 19.0 Å². The molecule has 2 aromatic rings. The Morgan fingerprint density at radius 1 is 1.14 bits per heavy atom. The molecule has 1 amide bonds. The molecule has 0 spiro atoms. The predicted molar refractivity (Wildman–Crippen MR) is 81.1 cm³/mol. The van der Waals surface area contributed by atoms with E-state index in [4.69, 9.17) is 11.6 Å². The summed E-state index contributed by atoms with van der Waals surface area (Å²) >= 11 is 5.97. The Balaban J connectivity index is 1.79. The molecule has 1 fully saturated rings. The summed E-state index contributed by atoms with van der Waals surface area (Å²) in [5.74, 6) is -0.576. The molecule has 0 radical (unpaired) electrons. The Morgan fingerprint density at radius 2 is 1.90 bits per heavy atom. The van der Waals surface area contributed by atoms with Crippen LogP contribution >= 0.6 is 11.6 Å². The second kappa shape index (κ2) is 5.86. The van der Waals surface area contributed by atoms with E-state index in [-0.39, 0.29) is 16.5 Å². The van der Waals surface area contributed by atoms with E-state index >= 15 is 0 Å². The fourth-order valence-corrected chi connectivity index (χ4v) is 3.05. The van der Waals surface area contributed by atoms with Gasteiger partial charge in [-0.3, -0.25) is 4.79 Å². The van der Waals surface area contributed by atoms with Crippen molar-refractivity contribution in [2.24, 2.45) is 0 Å². The molecule has 2 nitrogen and oxygen atoms in total. The van der Waals surface area contributed by atoms with Gasteiger partial charge in [0.05, 0.1) is 10.6 Å². The summed E-state index contributed by atoms with van der Waals surface area (Å²) in [6.07, 6.45) is 0.891. The molecule has 108 valence electrons. The SMILES string of the molecule is O=C(c1c(F)cccc1Cl)N1CC[C@H](c2ccccc2)C1. The molecule has 0 N–H and O–H groups in total. The fourth-order valence-electron chi connectivity index (χ4n) is 2.80. The number of carbonyl (C=O) groups is 1. The van der Waals surface area contributed by atoms with E-state index < -0.39 is 5.82 Å². The van der Waals surface area contributed by atoms with Gasteiger partial charge in [-0.05, 0) is 24.1 Å². The van der Waals surface area contributed by atoms with Crippen LogP contribution in [-0.4, -0.2) is 23.9 Å². The van der Waals surface area contributed by atoms with Gasteiger partial charge in [-0.25, -0.2) is 4.39 Å². The highest BCUT2D eigenvalue weighted by Crippen LogP contribution is 2.29. The lowest BCUT2D eigenvalue weighted by Gasteiger charge is -2.18. The third-order valence-corrected chi connectivity index (χ3v) is 4.24. The molecule has 1 atom stereocenters. The van der Waals surface area contributed by atoms with Crippen LogP contribution in [-0.2, 0) is 0 Å². The van der Waals surface area contributed by atoms with E-state index in [0.29, 0.717) is 19.0 Å². The van der Waals surface area contributed by atoms with Crippen LogP contribution in [0.2, 0.25) is 5.02 Å². The van der Waals surface area contributed by atoms with Gasteiger partial charge in [0.1, 0.15) is 5.82 Å². The maximum absolute atomic E-state index is 13.8. The Bertz CT molecular complexity index is 639. The van der Waals surface area contributed by atoms with Gasteiger partial charge in [-0.2, -0.15) is 0 Å². The third kappa shape index (κ3) is 2.79. The number of rotatable bonds is 2. The largest absolute Gasteiger partial charge is 0.338 e. The van der Waals surface area contributed by atoms with E-state index in [1.807, 2.05) is 18.2 Å². The van der Waals surface area contributed by atoms with E-state index in [1.165, 1.54) is 17.7 Å². The Kier molecular flexibility index (Phi) is 3.93. The zero-order valence-electron chi connectivity index (χ0n) is 11.4. The Hall–Kier alpha value is -1.87. The number of hydrogen-bond acceptors (Lipinski definition) is 1. The van der Waals surface area contributed by atoms with Gasteiger partial charge in [0.25, 0.3) is 5.91 Å². The molecule has 0 aliphatic carbocycles. The molecule has 0 saturated carbocycles. The minimum Gasteiger partial charge on any atom is -0.338 e. The average Bonchev–Trinajstić information content (AvgIpc) is 2.97. The predicted octanol–water partition coefficient (Wildman–Crippen LogP) is 4.11. The van der Waals surface area contributed by atoms with E-state index in [0.717, 1.165) is 6.42 Å². The van der Waals surface area contributed by atoms with Gasteiger partial charge in [-0.15, -0.1) is 0 Å². The molecule has 4 heteroatoms. The van der Waals surface area contributed by atoms with Crippen LogP contribution in [0.4, 0.5) is 4.39 Å². The lowest BCUT2D eigenvalue weighted by atomic mass is 9.99. The monoisotopic (exact) mass is 303 g/mol. The van der Waals surface area contributed by atoms with Crippen molar-refractivity contribution < 1.29 is 9.18 Å². The quantitative estimate of drug-likeness (QED) is 0.817. The zero-order valence-corrected chi connectivity index (χ0v) is 12.2. The summed E-state index contributed by atoms with van der Waals surface area (Å²) in [4.78, 5) is 14.1. The molecule has 3 rings (SSSR count). The molecule has 2 aromatic carbocycles. The molecule has 0 unspecified atom stereocenters. The van der Waals surface area contributed by atoms with Crippen molar-refractivity contribution in [1.29, 1.82) is 0 Å². The highest BCUT2D eigenvalue weighted by molar-refractivity contribution is 6.33. The first kappa shape index (κ1) is 14.1. The first-order valence-electron chi connectivity index (χ1n) is 6.95. The Morgan fingerprint density at radius 3 is 2.62 bits per heavy atom. The van der Waals surface area contributed by atoms with Crippen molar-refractivity contribution in [2.75, 3.05) is 13.1 Å². The van der Waals surface area contributed by atoms with Crippen LogP contribution in [0.25, 0.3) is 0 Å². The fraction of sp³-hybridized carbons (Fsp3) is 0.235. The van der Waals surface area contributed by atoms with E-state index in [2.05, 4.69) is 12.1 Å². The van der Waals surface area contributed by atoms with Crippen LogP contribution in [0.3, 0.4) is 0 Å². The van der Waals surface area contributed by atoms with Crippen LogP contribution in [0.15, 0.2) is 48.5 Å². The number of likely N-dealkylation sites (tertiary alicyclic amines) is 1. The minimum absolute atomic E-state index is 0.0205.